The van der Waals surface area contributed by atoms with Crippen LogP contribution in [-0.2, 0) is 21.2 Å². The van der Waals surface area contributed by atoms with Gasteiger partial charge >= 0.3 is 0 Å². The van der Waals surface area contributed by atoms with Gasteiger partial charge in [-0.25, -0.2) is 17.7 Å². The fraction of sp³-hybridized carbons (Fsp3) is 0.500. The normalized spacial score (nSPS) is 15.0. The molecule has 1 heterocycles. The first-order valence-corrected chi connectivity index (χ1v) is 14.9. The quantitative estimate of drug-likeness (QED) is 0.290. The van der Waals surface area contributed by atoms with Gasteiger partial charge < -0.3 is 20.8 Å². The smallest absolute Gasteiger partial charge is 0.271 e. The topological polar surface area (TPSA) is 149 Å². The molecule has 0 fully saturated rings. The van der Waals surface area contributed by atoms with Gasteiger partial charge in [0.15, 0.2) is 5.13 Å². The lowest BCUT2D eigenvalue weighted by molar-refractivity contribution is -0.121. The van der Waals surface area contributed by atoms with Crippen molar-refractivity contribution in [3.8, 4) is 0 Å². The summed E-state index contributed by atoms with van der Waals surface area (Å²) in [5.41, 5.74) is 0.807. The summed E-state index contributed by atoms with van der Waals surface area (Å²) in [4.78, 5) is 28.7. The number of nitrogens with one attached hydrogen (secondary N) is 2. The Hall–Kier alpha value is -2.19. The lowest BCUT2D eigenvalue weighted by Crippen LogP contribution is -2.56. The number of thiazole rings is 1. The van der Waals surface area contributed by atoms with Crippen LogP contribution in [-0.4, -0.2) is 85.0 Å². The van der Waals surface area contributed by atoms with Crippen LogP contribution in [0.4, 0.5) is 5.13 Å². The molecular formula is C22H32N4O6S3. The van der Waals surface area contributed by atoms with Crippen LogP contribution in [0.3, 0.4) is 0 Å². The van der Waals surface area contributed by atoms with E-state index in [1.54, 1.807) is 11.8 Å². The number of carbonyl (C=O) groups excluding carboxylic acids is 2. The van der Waals surface area contributed by atoms with Crippen LogP contribution < -0.4 is 14.9 Å². The molecule has 0 aliphatic heterocycles. The summed E-state index contributed by atoms with van der Waals surface area (Å²) in [6.45, 7) is 1.34. The number of anilines is 1. The zero-order valence-electron chi connectivity index (χ0n) is 20.0. The monoisotopic (exact) mass is 544 g/mol. The highest BCUT2D eigenvalue weighted by Crippen LogP contribution is 2.22. The summed E-state index contributed by atoms with van der Waals surface area (Å²) in [5, 5.41) is 29.0. The van der Waals surface area contributed by atoms with E-state index < -0.39 is 40.2 Å². The number of amides is 2. The molecule has 10 nitrogen and oxygen atoms in total. The van der Waals surface area contributed by atoms with Gasteiger partial charge in [-0.2, -0.15) is 11.8 Å². The number of aromatic nitrogens is 1. The standard InChI is InChI=1S/C22H32N4O6S3/c1-14(27)23-16(10-11-33-3)19(28)20(29)17(12-15-8-6-5-7-9-15)24-21(30)18-13-34-22(25-18)26(2)35(4,31)32/h5-9,13,16-17,19-20,28-29H,10-12H2,1-4H3,(H,23,27)(H,24,30)/t16-,17+,19-,20-/m1/s1. The van der Waals surface area contributed by atoms with Crippen LogP contribution in [0.2, 0.25) is 0 Å². The van der Waals surface area contributed by atoms with Crippen molar-refractivity contribution in [1.29, 1.82) is 0 Å². The minimum absolute atomic E-state index is 0.0129. The third kappa shape index (κ3) is 8.76. The van der Waals surface area contributed by atoms with E-state index in [-0.39, 0.29) is 23.2 Å². The van der Waals surface area contributed by atoms with E-state index in [1.165, 1.54) is 19.4 Å². The van der Waals surface area contributed by atoms with Crippen LogP contribution in [0.25, 0.3) is 0 Å². The van der Waals surface area contributed by atoms with Crippen LogP contribution >= 0.6 is 23.1 Å². The van der Waals surface area contributed by atoms with Crippen LogP contribution in [0.5, 0.6) is 0 Å². The fourth-order valence-corrected chi connectivity index (χ4v) is 5.36. The van der Waals surface area contributed by atoms with Crippen molar-refractivity contribution >= 4 is 50.1 Å². The molecule has 194 valence electrons. The molecule has 2 amide bonds. The molecule has 0 radical (unpaired) electrons. The Labute approximate surface area is 214 Å². The van der Waals surface area contributed by atoms with Gasteiger partial charge in [0.2, 0.25) is 15.9 Å². The molecule has 2 rings (SSSR count). The highest BCUT2D eigenvalue weighted by atomic mass is 32.2. The van der Waals surface area contributed by atoms with Gasteiger partial charge in [-0.1, -0.05) is 30.3 Å². The molecule has 0 bridgehead atoms. The number of aliphatic hydroxyl groups excluding tert-OH is 2. The Morgan fingerprint density at radius 1 is 1.14 bits per heavy atom. The molecule has 1 aromatic heterocycles. The van der Waals surface area contributed by atoms with Crippen LogP contribution in [0, 0.1) is 0 Å². The molecule has 0 aliphatic carbocycles. The van der Waals surface area contributed by atoms with E-state index in [1.807, 2.05) is 36.6 Å². The van der Waals surface area contributed by atoms with Gasteiger partial charge in [0.05, 0.1) is 18.3 Å². The molecule has 0 aliphatic rings. The molecule has 13 heteroatoms. The third-order valence-electron chi connectivity index (χ3n) is 5.30. The minimum Gasteiger partial charge on any atom is -0.388 e. The van der Waals surface area contributed by atoms with E-state index in [2.05, 4.69) is 15.6 Å². The Balaban J connectivity index is 2.27. The van der Waals surface area contributed by atoms with E-state index in [4.69, 9.17) is 0 Å². The summed E-state index contributed by atoms with van der Waals surface area (Å²) in [5.74, 6) is -0.308. The summed E-state index contributed by atoms with van der Waals surface area (Å²) in [6, 6.07) is 7.53. The minimum atomic E-state index is -3.54. The molecule has 0 saturated carbocycles. The zero-order chi connectivity index (χ0) is 26.2. The van der Waals surface area contributed by atoms with Gasteiger partial charge in [0.25, 0.3) is 5.91 Å². The molecule has 35 heavy (non-hydrogen) atoms. The maximum absolute atomic E-state index is 13.0. The highest BCUT2D eigenvalue weighted by Gasteiger charge is 2.34. The second kappa shape index (κ2) is 13.2. The maximum Gasteiger partial charge on any atom is 0.271 e. The summed E-state index contributed by atoms with van der Waals surface area (Å²) >= 11 is 2.54. The fourth-order valence-electron chi connectivity index (χ4n) is 3.33. The Morgan fingerprint density at radius 3 is 2.34 bits per heavy atom. The molecule has 0 saturated heterocycles. The molecule has 2 aromatic rings. The van der Waals surface area contributed by atoms with Gasteiger partial charge in [-0.05, 0) is 30.4 Å². The molecule has 0 unspecified atom stereocenters. The van der Waals surface area contributed by atoms with Crippen molar-refractivity contribution in [1.82, 2.24) is 15.6 Å². The number of aliphatic hydroxyl groups is 2. The van der Waals surface area contributed by atoms with Gasteiger partial charge in [0.1, 0.15) is 17.9 Å². The highest BCUT2D eigenvalue weighted by molar-refractivity contribution is 7.98. The lowest BCUT2D eigenvalue weighted by atomic mass is 9.93. The molecule has 4 atom stereocenters. The molecular weight excluding hydrogens is 512 g/mol. The van der Waals surface area contributed by atoms with Crippen molar-refractivity contribution in [3.05, 3.63) is 47.0 Å². The summed E-state index contributed by atoms with van der Waals surface area (Å²) in [7, 11) is -2.21. The van der Waals surface area contributed by atoms with E-state index in [0.29, 0.717) is 12.2 Å². The van der Waals surface area contributed by atoms with Gasteiger partial charge in [-0.3, -0.25) is 9.59 Å². The second-order valence-corrected chi connectivity index (χ2v) is 11.9. The predicted molar refractivity (Wildman–Crippen MR) is 139 cm³/mol. The average Bonchev–Trinajstić information content (AvgIpc) is 3.30. The van der Waals surface area contributed by atoms with E-state index in [0.717, 1.165) is 27.5 Å². The largest absolute Gasteiger partial charge is 0.388 e. The number of nitrogens with zero attached hydrogens (tertiary/aromatic N) is 2. The number of hydrogen-bond donors (Lipinski definition) is 4. The van der Waals surface area contributed by atoms with Gasteiger partial charge in [0, 0.05) is 19.4 Å². The lowest BCUT2D eigenvalue weighted by Gasteiger charge is -2.32. The number of rotatable bonds is 13. The summed E-state index contributed by atoms with van der Waals surface area (Å²) in [6.07, 6.45) is 0.815. The van der Waals surface area contributed by atoms with Crippen molar-refractivity contribution in [2.24, 2.45) is 0 Å². The summed E-state index contributed by atoms with van der Waals surface area (Å²) < 4.78 is 24.5. The number of thioether (sulfide) groups is 1. The Morgan fingerprint density at radius 2 is 1.77 bits per heavy atom. The maximum atomic E-state index is 13.0. The van der Waals surface area contributed by atoms with Gasteiger partial charge in [-0.15, -0.1) is 11.3 Å². The van der Waals surface area contributed by atoms with Crippen molar-refractivity contribution in [2.45, 2.75) is 44.1 Å². The van der Waals surface area contributed by atoms with Crippen LogP contribution in [0.15, 0.2) is 35.7 Å². The zero-order valence-corrected chi connectivity index (χ0v) is 22.5. The van der Waals surface area contributed by atoms with Crippen molar-refractivity contribution in [2.75, 3.05) is 29.6 Å². The van der Waals surface area contributed by atoms with E-state index in [9.17, 15) is 28.2 Å². The predicted octanol–water partition coefficient (Wildman–Crippen LogP) is 0.860. The molecule has 4 N–H and O–H groups in total. The number of carbonyl (C=O) groups is 2. The Kier molecular flexibility index (Phi) is 11.0. The molecule has 0 spiro atoms. The number of sulfonamides is 1. The molecule has 1 aromatic carbocycles. The van der Waals surface area contributed by atoms with Crippen molar-refractivity contribution < 1.29 is 28.2 Å². The first-order chi connectivity index (χ1) is 16.4. The SMILES string of the molecule is CSCC[C@@H](NC(C)=O)[C@@H](O)[C@H](O)[C@H](Cc1ccccc1)NC(=O)c1csc(N(C)S(C)(=O)=O)n1. The number of hydrogen-bond acceptors (Lipinski definition) is 9. The van der Waals surface area contributed by atoms with Crippen LogP contribution in [0.1, 0.15) is 29.4 Å². The third-order valence-corrected chi connectivity index (χ3v) is 8.15. The first-order valence-electron chi connectivity index (χ1n) is 10.8. The average molecular weight is 545 g/mol. The second-order valence-electron chi connectivity index (χ2n) is 8.09. The number of benzene rings is 1. The first kappa shape index (κ1) is 29.0. The van der Waals surface area contributed by atoms with E-state index >= 15 is 0 Å². The Bertz CT molecular complexity index is 1080. The van der Waals surface area contributed by atoms with Crippen molar-refractivity contribution in [3.63, 3.8) is 0 Å².